The Bertz CT molecular complexity index is 906. The van der Waals surface area contributed by atoms with Crippen LogP contribution in [0.2, 0.25) is 0 Å². The van der Waals surface area contributed by atoms with Gasteiger partial charge in [0.25, 0.3) is 0 Å². The maximum Gasteiger partial charge on any atom is 0.191 e. The number of nitrogens with zero attached hydrogens (tertiary/aromatic N) is 4. The molecule has 0 unspecified atom stereocenters. The molecule has 2 heterocycles. The van der Waals surface area contributed by atoms with E-state index >= 15 is 0 Å². The van der Waals surface area contributed by atoms with Crippen molar-refractivity contribution in [2.24, 2.45) is 4.99 Å². The minimum Gasteiger partial charge on any atom is -0.357 e. The number of benzene rings is 1. The smallest absolute Gasteiger partial charge is 0.191 e. The average molecular weight is 528 g/mol. The number of aromatic nitrogens is 3. The lowest BCUT2D eigenvalue weighted by Gasteiger charge is -2.10. The Labute approximate surface area is 191 Å². The van der Waals surface area contributed by atoms with Crippen LogP contribution in [-0.2, 0) is 19.4 Å². The van der Waals surface area contributed by atoms with Gasteiger partial charge < -0.3 is 10.6 Å². The van der Waals surface area contributed by atoms with Crippen LogP contribution in [-0.4, -0.2) is 33.8 Å². The standard InChI is InChI=1S/C20H25FN6S.HI/c1-3-18-13-24-19(28-18)14-25-20(22-4-2)23-11-9-16-10-12-27(26-16)17-7-5-15(21)6-8-17;/h5-8,10,12-13H,3-4,9,11,14H2,1-2H3,(H2,22,23,25);1H. The summed E-state index contributed by atoms with van der Waals surface area (Å²) in [6.07, 6.45) is 5.57. The zero-order chi connectivity index (χ0) is 19.8. The lowest BCUT2D eigenvalue weighted by atomic mass is 10.3. The summed E-state index contributed by atoms with van der Waals surface area (Å²) in [6.45, 7) is 6.25. The third-order valence-corrected chi connectivity index (χ3v) is 5.20. The lowest BCUT2D eigenvalue weighted by molar-refractivity contribution is 0.627. The van der Waals surface area contributed by atoms with Crippen molar-refractivity contribution in [3.05, 3.63) is 64.1 Å². The van der Waals surface area contributed by atoms with Crippen LogP contribution >= 0.6 is 35.3 Å². The fraction of sp³-hybridized carbons (Fsp3) is 0.350. The van der Waals surface area contributed by atoms with E-state index in [1.54, 1.807) is 28.2 Å². The van der Waals surface area contributed by atoms with Crippen molar-refractivity contribution in [2.75, 3.05) is 13.1 Å². The summed E-state index contributed by atoms with van der Waals surface area (Å²) in [5.74, 6) is 0.521. The van der Waals surface area contributed by atoms with Gasteiger partial charge in [-0.2, -0.15) is 5.10 Å². The molecular weight excluding hydrogens is 502 g/mol. The van der Waals surface area contributed by atoms with Crippen molar-refractivity contribution >= 4 is 41.3 Å². The van der Waals surface area contributed by atoms with Gasteiger partial charge in [0.05, 0.1) is 17.9 Å². The largest absolute Gasteiger partial charge is 0.357 e. The first-order valence-corrected chi connectivity index (χ1v) is 10.3. The van der Waals surface area contributed by atoms with Crippen molar-refractivity contribution in [1.82, 2.24) is 25.4 Å². The van der Waals surface area contributed by atoms with Crippen LogP contribution in [0, 0.1) is 5.82 Å². The van der Waals surface area contributed by atoms with Crippen LogP contribution in [0.25, 0.3) is 5.69 Å². The monoisotopic (exact) mass is 528 g/mol. The maximum atomic E-state index is 13.0. The summed E-state index contributed by atoms with van der Waals surface area (Å²) < 4.78 is 14.8. The molecule has 9 heteroatoms. The molecule has 0 aliphatic heterocycles. The van der Waals surface area contributed by atoms with Gasteiger partial charge in [-0.05, 0) is 43.7 Å². The zero-order valence-electron chi connectivity index (χ0n) is 16.6. The van der Waals surface area contributed by atoms with Crippen molar-refractivity contribution < 1.29 is 4.39 Å². The van der Waals surface area contributed by atoms with Crippen molar-refractivity contribution in [1.29, 1.82) is 0 Å². The summed E-state index contributed by atoms with van der Waals surface area (Å²) in [5.41, 5.74) is 1.80. The minimum atomic E-state index is -0.251. The number of halogens is 2. The fourth-order valence-corrected chi connectivity index (χ4v) is 3.40. The molecule has 1 aromatic carbocycles. The van der Waals surface area contributed by atoms with E-state index in [9.17, 15) is 4.39 Å². The molecule has 3 rings (SSSR count). The van der Waals surface area contributed by atoms with Crippen molar-refractivity contribution in [3.63, 3.8) is 0 Å². The molecule has 0 saturated carbocycles. The van der Waals surface area contributed by atoms with E-state index < -0.39 is 0 Å². The third kappa shape index (κ3) is 7.07. The summed E-state index contributed by atoms with van der Waals surface area (Å²) in [6, 6.07) is 8.26. The van der Waals surface area contributed by atoms with E-state index in [1.807, 2.05) is 25.4 Å². The van der Waals surface area contributed by atoms with E-state index in [0.717, 1.165) is 41.7 Å². The first-order chi connectivity index (χ1) is 13.7. The molecule has 29 heavy (non-hydrogen) atoms. The van der Waals surface area contributed by atoms with Crippen LogP contribution in [0.5, 0.6) is 0 Å². The predicted octanol–water partition coefficient (Wildman–Crippen LogP) is 3.95. The van der Waals surface area contributed by atoms with Crippen molar-refractivity contribution in [2.45, 2.75) is 33.2 Å². The number of aryl methyl sites for hydroxylation is 1. The highest BCUT2D eigenvalue weighted by Crippen LogP contribution is 2.14. The number of guanidine groups is 1. The Morgan fingerprint density at radius 3 is 2.66 bits per heavy atom. The first-order valence-electron chi connectivity index (χ1n) is 9.44. The number of aliphatic imine (C=N–C) groups is 1. The van der Waals surface area contributed by atoms with E-state index in [2.05, 4.69) is 32.6 Å². The Balaban J connectivity index is 0.00000300. The fourth-order valence-electron chi connectivity index (χ4n) is 2.61. The molecular formula is C20H26FIN6S. The molecule has 0 aliphatic carbocycles. The number of hydrogen-bond acceptors (Lipinski definition) is 4. The second kappa shape index (κ2) is 11.9. The molecule has 3 aromatic rings. The molecule has 0 bridgehead atoms. The molecule has 6 nitrogen and oxygen atoms in total. The third-order valence-electron chi connectivity index (χ3n) is 4.08. The molecule has 0 spiro atoms. The quantitative estimate of drug-likeness (QED) is 0.264. The van der Waals surface area contributed by atoms with Crippen LogP contribution in [0.1, 0.15) is 29.4 Å². The topological polar surface area (TPSA) is 67.1 Å². The van der Waals surface area contributed by atoms with Gasteiger partial charge in [-0.3, -0.25) is 0 Å². The molecule has 0 fully saturated rings. The van der Waals surface area contributed by atoms with Crippen molar-refractivity contribution in [3.8, 4) is 5.69 Å². The number of nitrogens with one attached hydrogen (secondary N) is 2. The van der Waals surface area contributed by atoms with Gasteiger partial charge in [0.1, 0.15) is 10.8 Å². The highest BCUT2D eigenvalue weighted by Gasteiger charge is 2.04. The SMILES string of the molecule is CCNC(=NCc1ncc(CC)s1)NCCc1ccn(-c2ccc(F)cc2)n1.I. The molecule has 156 valence electrons. The second-order valence-corrected chi connectivity index (χ2v) is 7.37. The van der Waals surface area contributed by atoms with Gasteiger partial charge in [0.2, 0.25) is 0 Å². The molecule has 0 atom stereocenters. The van der Waals surface area contributed by atoms with Crippen LogP contribution in [0.4, 0.5) is 4.39 Å². The lowest BCUT2D eigenvalue weighted by Crippen LogP contribution is -2.38. The number of rotatable bonds is 8. The minimum absolute atomic E-state index is 0. The van der Waals surface area contributed by atoms with Gasteiger partial charge in [-0.25, -0.2) is 19.0 Å². The molecule has 0 aliphatic rings. The maximum absolute atomic E-state index is 13.0. The van der Waals surface area contributed by atoms with Crippen LogP contribution in [0.3, 0.4) is 0 Å². The van der Waals surface area contributed by atoms with Crippen LogP contribution < -0.4 is 10.6 Å². The van der Waals surface area contributed by atoms with Crippen LogP contribution in [0.15, 0.2) is 47.7 Å². The Hall–Kier alpha value is -2.01. The Morgan fingerprint density at radius 1 is 1.17 bits per heavy atom. The molecule has 2 aromatic heterocycles. The normalized spacial score (nSPS) is 11.2. The van der Waals surface area contributed by atoms with E-state index in [4.69, 9.17) is 0 Å². The first kappa shape index (κ1) is 23.3. The molecule has 0 saturated heterocycles. The summed E-state index contributed by atoms with van der Waals surface area (Å²) in [5, 5.41) is 12.1. The van der Waals surface area contributed by atoms with Gasteiger partial charge in [0, 0.05) is 36.8 Å². The summed E-state index contributed by atoms with van der Waals surface area (Å²) in [7, 11) is 0. The highest BCUT2D eigenvalue weighted by molar-refractivity contribution is 14.0. The predicted molar refractivity (Wildman–Crippen MR) is 127 cm³/mol. The summed E-state index contributed by atoms with van der Waals surface area (Å²) in [4.78, 5) is 10.3. The van der Waals surface area contributed by atoms with E-state index in [1.165, 1.54) is 17.0 Å². The molecule has 0 radical (unpaired) electrons. The highest BCUT2D eigenvalue weighted by atomic mass is 127. The van der Waals surface area contributed by atoms with Gasteiger partial charge >= 0.3 is 0 Å². The zero-order valence-corrected chi connectivity index (χ0v) is 19.7. The molecule has 0 amide bonds. The molecule has 2 N–H and O–H groups in total. The van der Waals surface area contributed by atoms with E-state index in [-0.39, 0.29) is 29.8 Å². The van der Waals surface area contributed by atoms with E-state index in [0.29, 0.717) is 13.1 Å². The Kier molecular flexibility index (Phi) is 9.52. The van der Waals surface area contributed by atoms with Gasteiger partial charge in [-0.1, -0.05) is 6.92 Å². The Morgan fingerprint density at radius 2 is 1.97 bits per heavy atom. The summed E-state index contributed by atoms with van der Waals surface area (Å²) >= 11 is 1.71. The second-order valence-electron chi connectivity index (χ2n) is 6.17. The van der Waals surface area contributed by atoms with Gasteiger partial charge in [-0.15, -0.1) is 35.3 Å². The van der Waals surface area contributed by atoms with Gasteiger partial charge in [0.15, 0.2) is 5.96 Å². The number of hydrogen-bond donors (Lipinski definition) is 2. The number of thiazole rings is 1. The average Bonchev–Trinajstić information content (AvgIpc) is 3.36.